The predicted octanol–water partition coefficient (Wildman–Crippen LogP) is 5.88. The summed E-state index contributed by atoms with van der Waals surface area (Å²) < 4.78 is 11.4. The minimum absolute atomic E-state index is 0.0519. The molecular formula is C30H31N3O4. The number of rotatable bonds is 9. The second kappa shape index (κ2) is 12.4. The molecule has 3 rings (SSSR count). The molecule has 2 N–H and O–H groups in total. The van der Waals surface area contributed by atoms with Gasteiger partial charge in [0.05, 0.1) is 6.61 Å². The molecule has 0 heterocycles. The van der Waals surface area contributed by atoms with Crippen molar-refractivity contribution in [1.29, 1.82) is 5.26 Å². The van der Waals surface area contributed by atoms with E-state index in [1.54, 1.807) is 18.2 Å². The van der Waals surface area contributed by atoms with E-state index in [0.717, 1.165) is 27.9 Å². The molecule has 0 bridgehead atoms. The van der Waals surface area contributed by atoms with Gasteiger partial charge in [-0.15, -0.1) is 0 Å². The van der Waals surface area contributed by atoms with Crippen LogP contribution in [0.2, 0.25) is 0 Å². The summed E-state index contributed by atoms with van der Waals surface area (Å²) in [6, 6.07) is 18.4. The zero-order valence-corrected chi connectivity index (χ0v) is 21.8. The SMILES string of the molecule is CCOc1cc(/C=C(\C#N)C(=O)Nc2ccc(C)cc2C)ccc1OCC(=O)Nc1ccc(C)cc1C. The average Bonchev–Trinajstić information content (AvgIpc) is 2.85. The van der Waals surface area contributed by atoms with Gasteiger partial charge in [-0.25, -0.2) is 0 Å². The highest BCUT2D eigenvalue weighted by Crippen LogP contribution is 2.30. The maximum atomic E-state index is 12.7. The zero-order chi connectivity index (χ0) is 26.9. The predicted molar refractivity (Wildman–Crippen MR) is 146 cm³/mol. The van der Waals surface area contributed by atoms with Crippen LogP contribution in [0.25, 0.3) is 6.08 Å². The lowest BCUT2D eigenvalue weighted by Crippen LogP contribution is -2.21. The van der Waals surface area contributed by atoms with Crippen LogP contribution in [0.1, 0.15) is 34.7 Å². The van der Waals surface area contributed by atoms with E-state index in [2.05, 4.69) is 10.6 Å². The Kier molecular flexibility index (Phi) is 9.06. The lowest BCUT2D eigenvalue weighted by molar-refractivity contribution is -0.118. The summed E-state index contributed by atoms with van der Waals surface area (Å²) in [6.45, 7) is 9.79. The Bertz CT molecular complexity index is 1390. The molecule has 190 valence electrons. The number of benzene rings is 3. The van der Waals surface area contributed by atoms with Gasteiger partial charge in [-0.05, 0) is 81.7 Å². The molecule has 0 atom stereocenters. The van der Waals surface area contributed by atoms with Gasteiger partial charge in [0.25, 0.3) is 11.8 Å². The lowest BCUT2D eigenvalue weighted by Gasteiger charge is -2.14. The Morgan fingerprint density at radius 3 is 2.03 bits per heavy atom. The van der Waals surface area contributed by atoms with E-state index in [9.17, 15) is 14.9 Å². The molecule has 0 fully saturated rings. The molecule has 3 aromatic rings. The number of nitrogens with zero attached hydrogens (tertiary/aromatic N) is 1. The number of hydrogen-bond donors (Lipinski definition) is 2. The molecule has 2 amide bonds. The summed E-state index contributed by atoms with van der Waals surface area (Å²) in [4.78, 5) is 25.2. The summed E-state index contributed by atoms with van der Waals surface area (Å²) in [5.41, 5.74) is 5.99. The van der Waals surface area contributed by atoms with Gasteiger partial charge in [-0.1, -0.05) is 41.5 Å². The highest BCUT2D eigenvalue weighted by Gasteiger charge is 2.14. The first kappa shape index (κ1) is 27.0. The van der Waals surface area contributed by atoms with Crippen LogP contribution in [0.3, 0.4) is 0 Å². The van der Waals surface area contributed by atoms with E-state index in [1.807, 2.05) is 77.1 Å². The monoisotopic (exact) mass is 497 g/mol. The second-order valence-electron chi connectivity index (χ2n) is 8.74. The Balaban J connectivity index is 1.72. The first-order valence-corrected chi connectivity index (χ1v) is 12.0. The van der Waals surface area contributed by atoms with Crippen LogP contribution in [-0.2, 0) is 9.59 Å². The number of hydrogen-bond acceptors (Lipinski definition) is 5. The topological polar surface area (TPSA) is 100 Å². The van der Waals surface area contributed by atoms with Crippen molar-refractivity contribution in [3.05, 3.63) is 88.0 Å². The molecule has 7 nitrogen and oxygen atoms in total. The average molecular weight is 498 g/mol. The van der Waals surface area contributed by atoms with Gasteiger partial charge in [0.1, 0.15) is 11.6 Å². The lowest BCUT2D eigenvalue weighted by atomic mass is 10.1. The first-order valence-electron chi connectivity index (χ1n) is 12.0. The van der Waals surface area contributed by atoms with E-state index in [1.165, 1.54) is 6.08 Å². The van der Waals surface area contributed by atoms with E-state index >= 15 is 0 Å². The normalized spacial score (nSPS) is 10.9. The summed E-state index contributed by atoms with van der Waals surface area (Å²) in [6.07, 6.45) is 1.48. The molecule has 7 heteroatoms. The van der Waals surface area contributed by atoms with Crippen LogP contribution in [-0.4, -0.2) is 25.0 Å². The van der Waals surface area contributed by atoms with Gasteiger partial charge < -0.3 is 20.1 Å². The molecule has 0 aliphatic carbocycles. The summed E-state index contributed by atoms with van der Waals surface area (Å²) in [5, 5.41) is 15.2. The maximum Gasteiger partial charge on any atom is 0.266 e. The number of anilines is 2. The van der Waals surface area contributed by atoms with Crippen molar-refractivity contribution in [3.63, 3.8) is 0 Å². The van der Waals surface area contributed by atoms with E-state index in [-0.39, 0.29) is 18.1 Å². The third-order valence-electron chi connectivity index (χ3n) is 5.59. The standard InChI is InChI=1S/C30H31N3O4/c1-6-36-28-16-23(15-24(17-31)30(35)33-26-11-8-20(3)14-22(26)5)9-12-27(28)37-18-29(34)32-25-10-7-19(2)13-21(25)4/h7-16H,6,18H2,1-5H3,(H,32,34)(H,33,35)/b24-15+. The fraction of sp³-hybridized carbons (Fsp3) is 0.233. The van der Waals surface area contributed by atoms with Crippen LogP contribution in [0.15, 0.2) is 60.2 Å². The number of amides is 2. The van der Waals surface area contributed by atoms with Gasteiger partial charge in [-0.2, -0.15) is 5.26 Å². The molecule has 0 saturated heterocycles. The smallest absolute Gasteiger partial charge is 0.266 e. The van der Waals surface area contributed by atoms with Crippen molar-refractivity contribution in [2.75, 3.05) is 23.8 Å². The van der Waals surface area contributed by atoms with Gasteiger partial charge in [0.15, 0.2) is 18.1 Å². The van der Waals surface area contributed by atoms with Crippen LogP contribution in [0.4, 0.5) is 11.4 Å². The Labute approximate surface area is 217 Å². The summed E-state index contributed by atoms with van der Waals surface area (Å²) in [5.74, 6) is -0.0142. The molecule has 37 heavy (non-hydrogen) atoms. The van der Waals surface area contributed by atoms with Crippen LogP contribution >= 0.6 is 0 Å². The van der Waals surface area contributed by atoms with Crippen molar-refractivity contribution in [2.24, 2.45) is 0 Å². The summed E-state index contributed by atoms with van der Waals surface area (Å²) >= 11 is 0. The van der Waals surface area contributed by atoms with Gasteiger partial charge >= 0.3 is 0 Å². The number of carbonyl (C=O) groups excluding carboxylic acids is 2. The van der Waals surface area contributed by atoms with Crippen molar-refractivity contribution in [2.45, 2.75) is 34.6 Å². The Morgan fingerprint density at radius 2 is 1.46 bits per heavy atom. The zero-order valence-electron chi connectivity index (χ0n) is 21.8. The van der Waals surface area contributed by atoms with Crippen molar-refractivity contribution < 1.29 is 19.1 Å². The third-order valence-corrected chi connectivity index (χ3v) is 5.59. The highest BCUT2D eigenvalue weighted by atomic mass is 16.5. The van der Waals surface area contributed by atoms with Crippen LogP contribution < -0.4 is 20.1 Å². The van der Waals surface area contributed by atoms with E-state index in [0.29, 0.717) is 29.4 Å². The molecule has 0 aliphatic heterocycles. The molecule has 0 spiro atoms. The molecule has 0 aromatic heterocycles. The fourth-order valence-corrected chi connectivity index (χ4v) is 3.74. The second-order valence-corrected chi connectivity index (χ2v) is 8.74. The highest BCUT2D eigenvalue weighted by molar-refractivity contribution is 6.10. The number of nitrogens with one attached hydrogen (secondary N) is 2. The summed E-state index contributed by atoms with van der Waals surface area (Å²) in [7, 11) is 0. The quantitative estimate of drug-likeness (QED) is 0.284. The van der Waals surface area contributed by atoms with Gasteiger partial charge in [0, 0.05) is 11.4 Å². The molecule has 0 aliphatic rings. The van der Waals surface area contributed by atoms with E-state index in [4.69, 9.17) is 9.47 Å². The molecular weight excluding hydrogens is 466 g/mol. The molecule has 0 unspecified atom stereocenters. The third kappa shape index (κ3) is 7.45. The van der Waals surface area contributed by atoms with E-state index < -0.39 is 5.91 Å². The largest absolute Gasteiger partial charge is 0.490 e. The minimum atomic E-state index is -0.504. The van der Waals surface area contributed by atoms with Crippen molar-refractivity contribution in [1.82, 2.24) is 0 Å². The number of ether oxygens (including phenoxy) is 2. The Hall–Kier alpha value is -4.57. The molecule has 0 radical (unpaired) electrons. The van der Waals surface area contributed by atoms with Crippen LogP contribution in [0.5, 0.6) is 11.5 Å². The number of carbonyl (C=O) groups is 2. The van der Waals surface area contributed by atoms with Gasteiger partial charge in [-0.3, -0.25) is 9.59 Å². The first-order chi connectivity index (χ1) is 17.7. The molecule has 3 aromatic carbocycles. The van der Waals surface area contributed by atoms with Gasteiger partial charge in [0.2, 0.25) is 0 Å². The number of nitriles is 1. The molecule has 0 saturated carbocycles. The van der Waals surface area contributed by atoms with Crippen molar-refractivity contribution in [3.8, 4) is 17.6 Å². The number of aryl methyl sites for hydroxylation is 4. The van der Waals surface area contributed by atoms with Crippen molar-refractivity contribution >= 4 is 29.3 Å². The maximum absolute atomic E-state index is 12.7. The fourth-order valence-electron chi connectivity index (χ4n) is 3.74. The van der Waals surface area contributed by atoms with Crippen LogP contribution in [0, 0.1) is 39.0 Å². The Morgan fingerprint density at radius 1 is 0.838 bits per heavy atom. The minimum Gasteiger partial charge on any atom is -0.490 e.